The first kappa shape index (κ1) is 21.4. The van der Waals surface area contributed by atoms with Gasteiger partial charge in [0.1, 0.15) is 0 Å². The highest BCUT2D eigenvalue weighted by Gasteiger charge is 2.61. The second-order valence-corrected chi connectivity index (χ2v) is 8.30. The van der Waals surface area contributed by atoms with Gasteiger partial charge < -0.3 is 15.3 Å². The summed E-state index contributed by atoms with van der Waals surface area (Å²) in [7, 11) is 0. The van der Waals surface area contributed by atoms with Crippen LogP contribution >= 0.6 is 0 Å². The number of carbonyl (C=O) groups excluding carboxylic acids is 1. The molecule has 2 bridgehead atoms. The van der Waals surface area contributed by atoms with Gasteiger partial charge in [0.25, 0.3) is 0 Å². The Kier molecular flexibility index (Phi) is 6.63. The number of aliphatic carboxylic acids is 1. The smallest absolute Gasteiger partial charge is 0.332 e. The second-order valence-electron chi connectivity index (χ2n) is 8.30. The number of fused-ring (bicyclic) bond motifs is 3. The Hall–Kier alpha value is -2.34. The number of hydrogen-bond donors (Lipinski definition) is 3. The number of carboxylic acid groups (broad SMARTS) is 1. The zero-order chi connectivity index (χ0) is 21.0. The standard InChI is InChI=1S/C23H31NO5/c1-2-3-4-5-6-18-17-11-13-24(14-12-17)23(18,22(28)29)21(27)10-8-16-7-9-19(25)20(26)15-16/h7-10,15,17-18,25-26H,2-6,11-14H2,1H3,(H,28,29)/b10-8+. The van der Waals surface area contributed by atoms with Crippen LogP contribution in [-0.4, -0.2) is 50.6 Å². The number of carbonyl (C=O) groups is 2. The van der Waals surface area contributed by atoms with Gasteiger partial charge in [-0.05, 0) is 68.0 Å². The van der Waals surface area contributed by atoms with Gasteiger partial charge >= 0.3 is 5.97 Å². The van der Waals surface area contributed by atoms with Crippen LogP contribution in [0.2, 0.25) is 0 Å². The predicted octanol–water partition coefficient (Wildman–Crippen LogP) is 3.82. The number of phenolic OH excluding ortho intramolecular Hbond substituents is 2. The van der Waals surface area contributed by atoms with Crippen molar-refractivity contribution in [1.29, 1.82) is 0 Å². The lowest BCUT2D eigenvalue weighted by Crippen LogP contribution is -2.71. The Labute approximate surface area is 171 Å². The molecule has 0 amide bonds. The Balaban J connectivity index is 1.88. The van der Waals surface area contributed by atoms with E-state index < -0.39 is 17.3 Å². The summed E-state index contributed by atoms with van der Waals surface area (Å²) in [5, 5.41) is 29.4. The largest absolute Gasteiger partial charge is 0.504 e. The van der Waals surface area contributed by atoms with E-state index in [9.17, 15) is 24.9 Å². The number of rotatable bonds is 9. The summed E-state index contributed by atoms with van der Waals surface area (Å²) >= 11 is 0. The minimum Gasteiger partial charge on any atom is -0.504 e. The molecule has 0 radical (unpaired) electrons. The SMILES string of the molecule is CCCCCCC1C2CCN(CC2)C1(C(=O)O)C(=O)/C=C/c1ccc(O)c(O)c1. The van der Waals surface area contributed by atoms with Crippen molar-refractivity contribution in [2.45, 2.75) is 57.4 Å². The van der Waals surface area contributed by atoms with Crippen molar-refractivity contribution >= 4 is 17.8 Å². The molecule has 4 rings (SSSR count). The minimum absolute atomic E-state index is 0.176. The molecule has 0 spiro atoms. The van der Waals surface area contributed by atoms with E-state index >= 15 is 0 Å². The van der Waals surface area contributed by atoms with Gasteiger partial charge in [-0.1, -0.05) is 44.7 Å². The van der Waals surface area contributed by atoms with Gasteiger partial charge in [0.15, 0.2) is 22.8 Å². The minimum atomic E-state index is -1.50. The van der Waals surface area contributed by atoms with E-state index in [-0.39, 0.29) is 23.3 Å². The number of piperidine rings is 3. The van der Waals surface area contributed by atoms with E-state index in [1.54, 1.807) is 6.07 Å². The zero-order valence-electron chi connectivity index (χ0n) is 17.0. The monoisotopic (exact) mass is 401 g/mol. The molecular weight excluding hydrogens is 370 g/mol. The molecule has 2 unspecified atom stereocenters. The fourth-order valence-corrected chi connectivity index (χ4v) is 5.15. The molecule has 3 fully saturated rings. The molecule has 158 valence electrons. The molecule has 1 aromatic rings. The predicted molar refractivity (Wildman–Crippen MR) is 111 cm³/mol. The van der Waals surface area contributed by atoms with Crippen LogP contribution in [0.4, 0.5) is 0 Å². The number of aromatic hydroxyl groups is 2. The number of unbranched alkanes of at least 4 members (excludes halogenated alkanes) is 3. The molecule has 6 nitrogen and oxygen atoms in total. The van der Waals surface area contributed by atoms with Crippen LogP contribution in [0, 0.1) is 11.8 Å². The molecule has 3 saturated heterocycles. The van der Waals surface area contributed by atoms with Crippen LogP contribution < -0.4 is 0 Å². The maximum atomic E-state index is 13.4. The van der Waals surface area contributed by atoms with E-state index in [1.165, 1.54) is 24.3 Å². The van der Waals surface area contributed by atoms with Crippen LogP contribution in [0.5, 0.6) is 11.5 Å². The quantitative estimate of drug-likeness (QED) is 0.252. The molecule has 3 aliphatic rings. The molecule has 0 aliphatic carbocycles. The first-order valence-corrected chi connectivity index (χ1v) is 10.6. The molecular formula is C23H31NO5. The molecule has 6 heteroatoms. The van der Waals surface area contributed by atoms with Gasteiger partial charge in [-0.3, -0.25) is 9.69 Å². The first-order chi connectivity index (χ1) is 13.9. The normalized spacial score (nSPS) is 28.7. The van der Waals surface area contributed by atoms with Gasteiger partial charge in [0.2, 0.25) is 0 Å². The molecule has 0 saturated carbocycles. The maximum Gasteiger partial charge on any atom is 0.332 e. The first-order valence-electron chi connectivity index (χ1n) is 10.6. The average Bonchev–Trinajstić information content (AvgIpc) is 2.72. The van der Waals surface area contributed by atoms with Crippen molar-refractivity contribution in [3.05, 3.63) is 29.8 Å². The highest BCUT2D eigenvalue weighted by atomic mass is 16.4. The topological polar surface area (TPSA) is 98.1 Å². The number of hydrogen-bond acceptors (Lipinski definition) is 5. The number of ketones is 1. The Morgan fingerprint density at radius 2 is 1.86 bits per heavy atom. The lowest BCUT2D eigenvalue weighted by molar-refractivity contribution is -0.175. The van der Waals surface area contributed by atoms with Crippen molar-refractivity contribution < 1.29 is 24.9 Å². The summed E-state index contributed by atoms with van der Waals surface area (Å²) in [4.78, 5) is 27.8. The van der Waals surface area contributed by atoms with Gasteiger partial charge in [-0.25, -0.2) is 4.79 Å². The highest BCUT2D eigenvalue weighted by molar-refractivity contribution is 6.15. The van der Waals surface area contributed by atoms with E-state index in [4.69, 9.17) is 0 Å². The third kappa shape index (κ3) is 4.04. The van der Waals surface area contributed by atoms with Crippen LogP contribution in [0.1, 0.15) is 57.4 Å². The van der Waals surface area contributed by atoms with Gasteiger partial charge in [-0.15, -0.1) is 0 Å². The molecule has 0 aromatic heterocycles. The van der Waals surface area contributed by atoms with Crippen LogP contribution in [-0.2, 0) is 9.59 Å². The van der Waals surface area contributed by atoms with Gasteiger partial charge in [0, 0.05) is 0 Å². The Morgan fingerprint density at radius 3 is 2.48 bits per heavy atom. The number of benzene rings is 1. The van der Waals surface area contributed by atoms with Crippen molar-refractivity contribution in [1.82, 2.24) is 4.90 Å². The lowest BCUT2D eigenvalue weighted by Gasteiger charge is -2.55. The zero-order valence-corrected chi connectivity index (χ0v) is 17.0. The fraction of sp³-hybridized carbons (Fsp3) is 0.565. The summed E-state index contributed by atoms with van der Waals surface area (Å²) in [6.45, 7) is 3.43. The van der Waals surface area contributed by atoms with E-state index in [2.05, 4.69) is 6.92 Å². The molecule has 3 heterocycles. The molecule has 3 aliphatic heterocycles. The van der Waals surface area contributed by atoms with Gasteiger partial charge in [0.05, 0.1) is 0 Å². The number of nitrogens with zero attached hydrogens (tertiary/aromatic N) is 1. The third-order valence-electron chi connectivity index (χ3n) is 6.64. The highest BCUT2D eigenvalue weighted by Crippen LogP contribution is 2.47. The molecule has 29 heavy (non-hydrogen) atoms. The molecule has 3 N–H and O–H groups in total. The summed E-state index contributed by atoms with van der Waals surface area (Å²) in [6.07, 6.45) is 9.76. The van der Waals surface area contributed by atoms with Crippen molar-refractivity contribution in [2.24, 2.45) is 11.8 Å². The maximum absolute atomic E-state index is 13.4. The van der Waals surface area contributed by atoms with Crippen LogP contribution in [0.15, 0.2) is 24.3 Å². The summed E-state index contributed by atoms with van der Waals surface area (Å²) in [5.41, 5.74) is -0.965. The molecule has 2 atom stereocenters. The van der Waals surface area contributed by atoms with Crippen LogP contribution in [0.25, 0.3) is 6.08 Å². The Morgan fingerprint density at radius 1 is 1.14 bits per heavy atom. The molecule has 1 aromatic carbocycles. The Bertz CT molecular complexity index is 781. The van der Waals surface area contributed by atoms with Gasteiger partial charge in [-0.2, -0.15) is 0 Å². The van der Waals surface area contributed by atoms with Crippen molar-refractivity contribution in [3.8, 4) is 11.5 Å². The van der Waals surface area contributed by atoms with Crippen molar-refractivity contribution in [3.63, 3.8) is 0 Å². The van der Waals surface area contributed by atoms with E-state index in [0.717, 1.165) is 44.9 Å². The third-order valence-corrected chi connectivity index (χ3v) is 6.64. The second kappa shape index (κ2) is 8.99. The summed E-state index contributed by atoms with van der Waals surface area (Å²) < 4.78 is 0. The van der Waals surface area contributed by atoms with E-state index in [1.807, 2.05) is 4.90 Å². The summed E-state index contributed by atoms with van der Waals surface area (Å²) in [5.74, 6) is -1.87. The number of carboxylic acids is 1. The van der Waals surface area contributed by atoms with E-state index in [0.29, 0.717) is 18.7 Å². The average molecular weight is 402 g/mol. The van der Waals surface area contributed by atoms with Crippen molar-refractivity contribution in [2.75, 3.05) is 13.1 Å². The number of phenols is 2. The van der Waals surface area contributed by atoms with Crippen LogP contribution in [0.3, 0.4) is 0 Å². The lowest BCUT2D eigenvalue weighted by atomic mass is 9.62. The fourth-order valence-electron chi connectivity index (χ4n) is 5.15. The summed E-state index contributed by atoms with van der Waals surface area (Å²) in [6, 6.07) is 4.26.